The molecule has 1 unspecified atom stereocenters. The summed E-state index contributed by atoms with van der Waals surface area (Å²) in [6.45, 7) is 1.71. The predicted octanol–water partition coefficient (Wildman–Crippen LogP) is 0.311. The van der Waals surface area contributed by atoms with Crippen molar-refractivity contribution >= 4 is 5.91 Å². The molecule has 0 saturated carbocycles. The molecule has 0 bridgehead atoms. The number of likely N-dealkylation sites (N-methyl/N-ethyl adjacent to an activating group) is 1. The lowest BCUT2D eigenvalue weighted by molar-refractivity contribution is -0.131. The second-order valence-corrected chi connectivity index (χ2v) is 4.42. The quantitative estimate of drug-likeness (QED) is 0.732. The summed E-state index contributed by atoms with van der Waals surface area (Å²) in [5, 5.41) is 8.96. The minimum atomic E-state index is 0.153. The van der Waals surface area contributed by atoms with E-state index < -0.39 is 0 Å². The number of aliphatic hydroxyl groups excluding tert-OH is 1. The number of hydrogen-bond donors (Lipinski definition) is 1. The zero-order valence-corrected chi connectivity index (χ0v) is 9.78. The van der Waals surface area contributed by atoms with Gasteiger partial charge in [-0.05, 0) is 25.8 Å². The minimum absolute atomic E-state index is 0.153. The van der Waals surface area contributed by atoms with Crippen molar-refractivity contribution in [1.29, 1.82) is 0 Å². The van der Waals surface area contributed by atoms with E-state index in [-0.39, 0.29) is 12.5 Å². The lowest BCUT2D eigenvalue weighted by Gasteiger charge is -2.35. The Balaban J connectivity index is 2.45. The van der Waals surface area contributed by atoms with Crippen molar-refractivity contribution in [2.75, 3.05) is 33.8 Å². The first-order valence-electron chi connectivity index (χ1n) is 5.70. The Morgan fingerprint density at radius 2 is 2.20 bits per heavy atom. The van der Waals surface area contributed by atoms with Crippen LogP contribution in [0.5, 0.6) is 0 Å². The van der Waals surface area contributed by atoms with Gasteiger partial charge < -0.3 is 10.0 Å². The van der Waals surface area contributed by atoms with E-state index in [4.69, 9.17) is 5.11 Å². The highest BCUT2D eigenvalue weighted by molar-refractivity contribution is 5.77. The molecular weight excluding hydrogens is 192 g/mol. The summed E-state index contributed by atoms with van der Waals surface area (Å²) in [6.07, 6.45) is 4.29. The van der Waals surface area contributed by atoms with Crippen LogP contribution in [-0.2, 0) is 4.79 Å². The number of likely N-dealkylation sites (tertiary alicyclic amines) is 1. The summed E-state index contributed by atoms with van der Waals surface area (Å²) in [7, 11) is 3.57. The monoisotopic (exact) mass is 214 g/mol. The number of carbonyl (C=O) groups excluding carboxylic acids is 1. The number of nitrogens with zero attached hydrogens (tertiary/aromatic N) is 2. The molecule has 1 saturated heterocycles. The Hall–Kier alpha value is -0.610. The van der Waals surface area contributed by atoms with Crippen molar-refractivity contribution in [2.24, 2.45) is 0 Å². The zero-order chi connectivity index (χ0) is 11.3. The Morgan fingerprint density at radius 1 is 1.47 bits per heavy atom. The molecule has 1 amide bonds. The Kier molecular flexibility index (Phi) is 5.05. The SMILES string of the molecule is CN(C)C(=O)CN1CCCCC1CCO. The lowest BCUT2D eigenvalue weighted by atomic mass is 9.99. The van der Waals surface area contributed by atoms with Crippen LogP contribution in [0.25, 0.3) is 0 Å². The first-order chi connectivity index (χ1) is 7.15. The second kappa shape index (κ2) is 6.08. The van der Waals surface area contributed by atoms with E-state index in [2.05, 4.69) is 4.90 Å². The van der Waals surface area contributed by atoms with Gasteiger partial charge in [0, 0.05) is 26.7 Å². The molecule has 0 aromatic carbocycles. The topological polar surface area (TPSA) is 43.8 Å². The average molecular weight is 214 g/mol. The molecule has 1 rings (SSSR count). The van der Waals surface area contributed by atoms with Crippen molar-refractivity contribution in [1.82, 2.24) is 9.80 Å². The minimum Gasteiger partial charge on any atom is -0.396 e. The van der Waals surface area contributed by atoms with Gasteiger partial charge in [0.1, 0.15) is 0 Å². The highest BCUT2D eigenvalue weighted by Gasteiger charge is 2.23. The molecule has 4 heteroatoms. The van der Waals surface area contributed by atoms with Gasteiger partial charge in [-0.25, -0.2) is 0 Å². The molecule has 1 aliphatic heterocycles. The largest absolute Gasteiger partial charge is 0.396 e. The molecule has 4 nitrogen and oxygen atoms in total. The maximum atomic E-state index is 11.6. The highest BCUT2D eigenvalue weighted by Crippen LogP contribution is 2.19. The predicted molar refractivity (Wildman–Crippen MR) is 59.6 cm³/mol. The summed E-state index contributed by atoms with van der Waals surface area (Å²) in [6, 6.07) is 0.396. The molecule has 0 spiro atoms. The van der Waals surface area contributed by atoms with E-state index >= 15 is 0 Å². The normalized spacial score (nSPS) is 22.7. The van der Waals surface area contributed by atoms with Crippen LogP contribution in [0.4, 0.5) is 0 Å². The van der Waals surface area contributed by atoms with Crippen LogP contribution in [-0.4, -0.2) is 60.6 Å². The molecule has 1 heterocycles. The lowest BCUT2D eigenvalue weighted by Crippen LogP contribution is -2.45. The molecule has 0 radical (unpaired) electrons. The van der Waals surface area contributed by atoms with E-state index in [1.165, 1.54) is 12.8 Å². The third-order valence-electron chi connectivity index (χ3n) is 3.05. The third-order valence-corrected chi connectivity index (χ3v) is 3.05. The van der Waals surface area contributed by atoms with Crippen molar-refractivity contribution in [3.8, 4) is 0 Å². The van der Waals surface area contributed by atoms with Gasteiger partial charge >= 0.3 is 0 Å². The summed E-state index contributed by atoms with van der Waals surface area (Å²) in [4.78, 5) is 15.4. The van der Waals surface area contributed by atoms with Crippen molar-refractivity contribution in [2.45, 2.75) is 31.7 Å². The molecule has 1 N–H and O–H groups in total. The van der Waals surface area contributed by atoms with Crippen LogP contribution in [0.15, 0.2) is 0 Å². The number of rotatable bonds is 4. The number of piperidine rings is 1. The fraction of sp³-hybridized carbons (Fsp3) is 0.909. The summed E-state index contributed by atoms with van der Waals surface area (Å²) < 4.78 is 0. The van der Waals surface area contributed by atoms with Gasteiger partial charge in [0.05, 0.1) is 6.54 Å². The number of aliphatic hydroxyl groups is 1. The van der Waals surface area contributed by atoms with Gasteiger partial charge in [-0.2, -0.15) is 0 Å². The molecule has 88 valence electrons. The van der Waals surface area contributed by atoms with Crippen LogP contribution < -0.4 is 0 Å². The van der Waals surface area contributed by atoms with Crippen LogP contribution in [0, 0.1) is 0 Å². The Labute approximate surface area is 91.9 Å². The van der Waals surface area contributed by atoms with Crippen LogP contribution >= 0.6 is 0 Å². The van der Waals surface area contributed by atoms with Crippen LogP contribution in [0.2, 0.25) is 0 Å². The van der Waals surface area contributed by atoms with E-state index in [0.717, 1.165) is 19.4 Å². The highest BCUT2D eigenvalue weighted by atomic mass is 16.3. The van der Waals surface area contributed by atoms with Crippen LogP contribution in [0.3, 0.4) is 0 Å². The van der Waals surface area contributed by atoms with Crippen LogP contribution in [0.1, 0.15) is 25.7 Å². The van der Waals surface area contributed by atoms with E-state index in [0.29, 0.717) is 12.6 Å². The van der Waals surface area contributed by atoms with Gasteiger partial charge in [0.25, 0.3) is 0 Å². The fourth-order valence-electron chi connectivity index (χ4n) is 2.06. The van der Waals surface area contributed by atoms with E-state index in [1.54, 1.807) is 19.0 Å². The average Bonchev–Trinajstić information content (AvgIpc) is 2.21. The summed E-state index contributed by atoms with van der Waals surface area (Å²) in [5.74, 6) is 0.153. The van der Waals surface area contributed by atoms with Gasteiger partial charge in [-0.15, -0.1) is 0 Å². The zero-order valence-electron chi connectivity index (χ0n) is 9.78. The summed E-state index contributed by atoms with van der Waals surface area (Å²) in [5.41, 5.74) is 0. The van der Waals surface area contributed by atoms with Gasteiger partial charge in [-0.1, -0.05) is 6.42 Å². The molecular formula is C11H22N2O2. The number of hydrogen-bond acceptors (Lipinski definition) is 3. The molecule has 0 aromatic rings. The number of carbonyl (C=O) groups is 1. The van der Waals surface area contributed by atoms with Crippen molar-refractivity contribution < 1.29 is 9.90 Å². The Bertz CT molecular complexity index is 205. The molecule has 1 fully saturated rings. The second-order valence-electron chi connectivity index (χ2n) is 4.42. The van der Waals surface area contributed by atoms with Crippen molar-refractivity contribution in [3.63, 3.8) is 0 Å². The standard InChI is InChI=1S/C11H22N2O2/c1-12(2)11(15)9-13-7-4-3-5-10(13)6-8-14/h10,14H,3-9H2,1-2H3. The first-order valence-corrected chi connectivity index (χ1v) is 5.70. The van der Waals surface area contributed by atoms with E-state index in [9.17, 15) is 4.79 Å². The van der Waals surface area contributed by atoms with Gasteiger partial charge in [0.2, 0.25) is 5.91 Å². The first kappa shape index (κ1) is 12.5. The van der Waals surface area contributed by atoms with Crippen molar-refractivity contribution in [3.05, 3.63) is 0 Å². The van der Waals surface area contributed by atoms with Gasteiger partial charge in [0.15, 0.2) is 0 Å². The van der Waals surface area contributed by atoms with Gasteiger partial charge in [-0.3, -0.25) is 9.69 Å². The molecule has 1 aliphatic rings. The molecule has 1 atom stereocenters. The third kappa shape index (κ3) is 3.80. The number of amides is 1. The maximum absolute atomic E-state index is 11.6. The Morgan fingerprint density at radius 3 is 2.80 bits per heavy atom. The van der Waals surface area contributed by atoms with E-state index in [1.807, 2.05) is 0 Å². The smallest absolute Gasteiger partial charge is 0.236 e. The fourth-order valence-corrected chi connectivity index (χ4v) is 2.06. The maximum Gasteiger partial charge on any atom is 0.236 e. The molecule has 0 aliphatic carbocycles. The molecule has 15 heavy (non-hydrogen) atoms. The molecule has 0 aromatic heterocycles. The summed E-state index contributed by atoms with van der Waals surface area (Å²) >= 11 is 0.